The Morgan fingerprint density at radius 1 is 0.750 bits per heavy atom. The van der Waals surface area contributed by atoms with Crippen molar-refractivity contribution < 1.29 is 49.0 Å². The van der Waals surface area contributed by atoms with E-state index in [9.17, 15) is 0 Å². The third kappa shape index (κ3) is 11.1. The van der Waals surface area contributed by atoms with Gasteiger partial charge in [0, 0.05) is 0 Å². The van der Waals surface area contributed by atoms with Gasteiger partial charge in [-0.2, -0.15) is 0 Å². The first-order valence-corrected chi connectivity index (χ1v) is 0. The van der Waals surface area contributed by atoms with Crippen molar-refractivity contribution in [3.8, 4) is 0 Å². The SMILES string of the molecule is F.[Cl-].[Cl-].[Zn+2]. The topological polar surface area (TPSA) is 0 Å². The molecule has 0 bridgehead atoms. The van der Waals surface area contributed by atoms with Gasteiger partial charge in [0.2, 0.25) is 0 Å². The Labute approximate surface area is 49.3 Å². The van der Waals surface area contributed by atoms with Crippen LogP contribution in [0, 0.1) is 0 Å². The van der Waals surface area contributed by atoms with Gasteiger partial charge in [-0.05, 0) is 0 Å². The summed E-state index contributed by atoms with van der Waals surface area (Å²) in [5.74, 6) is 0. The Balaban J connectivity index is 0. The molecule has 0 heterocycles. The van der Waals surface area contributed by atoms with Gasteiger partial charge in [0.15, 0.2) is 0 Å². The van der Waals surface area contributed by atoms with Gasteiger partial charge in [0.05, 0.1) is 0 Å². The van der Waals surface area contributed by atoms with Crippen molar-refractivity contribution in [3.63, 3.8) is 0 Å². The van der Waals surface area contributed by atoms with Crippen molar-refractivity contribution in [3.05, 3.63) is 0 Å². The maximum Gasteiger partial charge on any atom is 2.00 e. The van der Waals surface area contributed by atoms with Gasteiger partial charge in [0.1, 0.15) is 0 Å². The Morgan fingerprint density at radius 2 is 0.750 bits per heavy atom. The van der Waals surface area contributed by atoms with Crippen LogP contribution in [-0.2, 0) is 19.5 Å². The summed E-state index contributed by atoms with van der Waals surface area (Å²) in [6.07, 6.45) is 0. The Bertz CT molecular complexity index is 6.00. The zero-order valence-corrected chi connectivity index (χ0v) is 6.35. The molecule has 0 fully saturated rings. The van der Waals surface area contributed by atoms with Crippen LogP contribution in [0.1, 0.15) is 0 Å². The molecule has 0 spiro atoms. The van der Waals surface area contributed by atoms with Crippen LogP contribution >= 0.6 is 0 Å². The molecule has 0 aromatic heterocycles. The molecule has 0 aliphatic heterocycles. The third-order valence-corrected chi connectivity index (χ3v) is 0. The van der Waals surface area contributed by atoms with Crippen molar-refractivity contribution in [1.82, 2.24) is 0 Å². The summed E-state index contributed by atoms with van der Waals surface area (Å²) in [7, 11) is 0. The molecule has 0 radical (unpaired) electrons. The summed E-state index contributed by atoms with van der Waals surface area (Å²) in [6, 6.07) is 0. The molecule has 0 aromatic carbocycles. The number of rotatable bonds is 0. The van der Waals surface area contributed by atoms with E-state index in [4.69, 9.17) is 0 Å². The van der Waals surface area contributed by atoms with E-state index in [1.165, 1.54) is 0 Å². The van der Waals surface area contributed by atoms with E-state index in [1.54, 1.807) is 0 Å². The molecular weight excluding hydrogens is 155 g/mol. The van der Waals surface area contributed by atoms with Gasteiger partial charge in [-0.1, -0.05) is 0 Å². The number of hydrogen-bond acceptors (Lipinski definition) is 0. The fourth-order valence-electron chi connectivity index (χ4n) is 0. The van der Waals surface area contributed by atoms with Crippen LogP contribution in [0.3, 0.4) is 0 Å². The van der Waals surface area contributed by atoms with E-state index in [0.717, 1.165) is 0 Å². The minimum absolute atomic E-state index is 0. The summed E-state index contributed by atoms with van der Waals surface area (Å²) in [5.41, 5.74) is 0. The van der Waals surface area contributed by atoms with E-state index in [-0.39, 0.29) is 49.0 Å². The molecule has 0 N–H and O–H groups in total. The van der Waals surface area contributed by atoms with E-state index in [0.29, 0.717) is 0 Å². The zero-order chi connectivity index (χ0) is 0. The van der Waals surface area contributed by atoms with Gasteiger partial charge in [-0.3, -0.25) is 4.70 Å². The molecule has 0 saturated heterocycles. The van der Waals surface area contributed by atoms with Crippen molar-refractivity contribution in [2.75, 3.05) is 0 Å². The second-order valence-corrected chi connectivity index (χ2v) is 0. The smallest absolute Gasteiger partial charge is 1.00 e. The summed E-state index contributed by atoms with van der Waals surface area (Å²) in [4.78, 5) is 0. The Morgan fingerprint density at radius 3 is 0.750 bits per heavy atom. The van der Waals surface area contributed by atoms with Crippen molar-refractivity contribution in [2.24, 2.45) is 0 Å². The predicted molar refractivity (Wildman–Crippen MR) is 2.50 cm³/mol. The molecule has 0 atom stereocenters. The molecule has 0 rings (SSSR count). The van der Waals surface area contributed by atoms with Gasteiger partial charge in [-0.25, -0.2) is 0 Å². The molecule has 0 saturated carbocycles. The average molecular weight is 156 g/mol. The summed E-state index contributed by atoms with van der Waals surface area (Å²) in [5, 5.41) is 0. The maximum absolute atomic E-state index is 0. The predicted octanol–water partition coefficient (Wildman–Crippen LogP) is -5.84. The van der Waals surface area contributed by atoms with Crippen molar-refractivity contribution in [2.45, 2.75) is 0 Å². The van der Waals surface area contributed by atoms with Crippen molar-refractivity contribution >= 4 is 0 Å². The summed E-state index contributed by atoms with van der Waals surface area (Å²) >= 11 is 0. The summed E-state index contributed by atoms with van der Waals surface area (Å²) in [6.45, 7) is 0. The van der Waals surface area contributed by atoms with E-state index >= 15 is 0 Å². The zero-order valence-electron chi connectivity index (χ0n) is 1.87. The Hall–Kier alpha value is 1.13. The Kier molecular flexibility index (Phi) is 539. The van der Waals surface area contributed by atoms with Crippen LogP contribution in [0.4, 0.5) is 4.70 Å². The fraction of sp³-hybridized carbons (Fsp3) is 0. The first-order valence-electron chi connectivity index (χ1n) is 0. The molecule has 0 aliphatic carbocycles. The molecular formula is HCl2FZn. The first kappa shape index (κ1) is 68.3. The largest absolute Gasteiger partial charge is 2.00 e. The third-order valence-electron chi connectivity index (χ3n) is 0. The quantitative estimate of drug-likeness (QED) is 0.307. The van der Waals surface area contributed by atoms with Gasteiger partial charge >= 0.3 is 19.5 Å². The van der Waals surface area contributed by atoms with Crippen LogP contribution in [-0.4, -0.2) is 0 Å². The second kappa shape index (κ2) is 31.6. The normalized spacial score (nSPS) is 0. The summed E-state index contributed by atoms with van der Waals surface area (Å²) < 4.78 is 0. The number of hydrogen-bond donors (Lipinski definition) is 0. The van der Waals surface area contributed by atoms with Crippen LogP contribution in [0.2, 0.25) is 0 Å². The molecule has 0 nitrogen and oxygen atoms in total. The van der Waals surface area contributed by atoms with Gasteiger partial charge < -0.3 is 24.8 Å². The second-order valence-electron chi connectivity index (χ2n) is 0. The molecule has 24 valence electrons. The molecule has 0 unspecified atom stereocenters. The molecule has 4 heteroatoms. The first-order chi connectivity index (χ1) is 0. The van der Waals surface area contributed by atoms with Crippen LogP contribution in [0.15, 0.2) is 0 Å². The molecule has 4 heavy (non-hydrogen) atoms. The molecule has 0 amide bonds. The molecule has 0 aromatic rings. The van der Waals surface area contributed by atoms with Gasteiger partial charge in [-0.15, -0.1) is 0 Å². The van der Waals surface area contributed by atoms with Gasteiger partial charge in [0.25, 0.3) is 0 Å². The average Bonchev–Trinajstić information content (AvgIpc) is 0. The van der Waals surface area contributed by atoms with Crippen LogP contribution < -0.4 is 24.8 Å². The van der Waals surface area contributed by atoms with Crippen LogP contribution in [0.25, 0.3) is 0 Å². The van der Waals surface area contributed by atoms with E-state index < -0.39 is 0 Å². The standard InChI is InChI=1S/2ClH.FH.Zn/h3*1H;/q;;;+2/p-2. The number of halogens is 3. The van der Waals surface area contributed by atoms with E-state index in [1.807, 2.05) is 0 Å². The van der Waals surface area contributed by atoms with E-state index in [2.05, 4.69) is 0 Å². The minimum atomic E-state index is 0. The van der Waals surface area contributed by atoms with Crippen LogP contribution in [0.5, 0.6) is 0 Å². The molecule has 0 aliphatic rings. The van der Waals surface area contributed by atoms with Crippen molar-refractivity contribution in [1.29, 1.82) is 0 Å². The fourth-order valence-corrected chi connectivity index (χ4v) is 0. The monoisotopic (exact) mass is 154 g/mol. The maximum atomic E-state index is 0. The minimum Gasteiger partial charge on any atom is -1.00 e.